The number of ether oxygens (including phenoxy) is 2. The second-order valence-corrected chi connectivity index (χ2v) is 8.26. The first-order valence-electron chi connectivity index (χ1n) is 11.2. The maximum absolute atomic E-state index is 13.0. The second-order valence-electron chi connectivity index (χ2n) is 8.26. The molecule has 1 aliphatic rings. The number of carbonyl (C=O) groups excluding carboxylic acids is 2. The summed E-state index contributed by atoms with van der Waals surface area (Å²) in [5, 5.41) is 7.03. The molecule has 0 bridgehead atoms. The summed E-state index contributed by atoms with van der Waals surface area (Å²) < 4.78 is 51.0. The molecule has 0 spiro atoms. The van der Waals surface area contributed by atoms with Gasteiger partial charge in [-0.3, -0.25) is 14.3 Å². The first-order valence-corrected chi connectivity index (χ1v) is 11.2. The molecular weight excluding hydrogens is 477 g/mol. The molecule has 1 aromatic heterocycles. The van der Waals surface area contributed by atoms with Gasteiger partial charge in [0.05, 0.1) is 26.3 Å². The van der Waals surface area contributed by atoms with Gasteiger partial charge in [0.2, 0.25) is 0 Å². The van der Waals surface area contributed by atoms with Gasteiger partial charge in [-0.15, -0.1) is 0 Å². The maximum atomic E-state index is 13.0. The zero-order chi connectivity index (χ0) is 25.9. The van der Waals surface area contributed by atoms with Crippen LogP contribution in [0.2, 0.25) is 0 Å². The Morgan fingerprint density at radius 2 is 1.81 bits per heavy atom. The molecular formula is C25H25F3N4O4. The van der Waals surface area contributed by atoms with Gasteiger partial charge in [-0.1, -0.05) is 18.2 Å². The highest BCUT2D eigenvalue weighted by molar-refractivity contribution is 5.98. The molecule has 0 saturated carbocycles. The van der Waals surface area contributed by atoms with Gasteiger partial charge in [0.25, 0.3) is 11.8 Å². The number of halogens is 3. The predicted octanol–water partition coefficient (Wildman–Crippen LogP) is 3.55. The van der Waals surface area contributed by atoms with Gasteiger partial charge in [-0.05, 0) is 41.8 Å². The normalized spacial score (nSPS) is 13.4. The van der Waals surface area contributed by atoms with E-state index in [-0.39, 0.29) is 24.5 Å². The fourth-order valence-electron chi connectivity index (χ4n) is 4.01. The minimum Gasteiger partial charge on any atom is -0.493 e. The van der Waals surface area contributed by atoms with Crippen LogP contribution in [0.5, 0.6) is 11.5 Å². The number of nitrogens with zero attached hydrogens (tertiary/aromatic N) is 3. The van der Waals surface area contributed by atoms with Crippen molar-refractivity contribution in [1.29, 1.82) is 0 Å². The minimum absolute atomic E-state index is 0.0286. The highest BCUT2D eigenvalue weighted by atomic mass is 19.4. The van der Waals surface area contributed by atoms with Crippen LogP contribution in [0.4, 0.5) is 13.2 Å². The molecule has 190 valence electrons. The van der Waals surface area contributed by atoms with Gasteiger partial charge in [0.15, 0.2) is 17.2 Å². The van der Waals surface area contributed by atoms with E-state index < -0.39 is 23.6 Å². The van der Waals surface area contributed by atoms with Crippen molar-refractivity contribution in [1.82, 2.24) is 20.0 Å². The number of amides is 2. The molecule has 11 heteroatoms. The number of fused-ring (bicyclic) bond motifs is 1. The fourth-order valence-corrected chi connectivity index (χ4v) is 4.01. The predicted molar refractivity (Wildman–Crippen MR) is 124 cm³/mol. The SMILES string of the molecule is COc1ccc(CCNC(=O)c2cc3n(n2)CCN(Cc2cccc(C(F)(F)F)c2)C3=O)cc1OC. The van der Waals surface area contributed by atoms with Crippen molar-refractivity contribution < 1.29 is 32.2 Å². The summed E-state index contributed by atoms with van der Waals surface area (Å²) in [5.41, 5.74) is 0.878. The molecule has 0 radical (unpaired) electrons. The molecule has 2 heterocycles. The maximum Gasteiger partial charge on any atom is 0.416 e. The van der Waals surface area contributed by atoms with Crippen LogP contribution in [0.15, 0.2) is 48.5 Å². The molecule has 36 heavy (non-hydrogen) atoms. The van der Waals surface area contributed by atoms with Crippen LogP contribution >= 0.6 is 0 Å². The van der Waals surface area contributed by atoms with Crippen molar-refractivity contribution in [3.63, 3.8) is 0 Å². The lowest BCUT2D eigenvalue weighted by Crippen LogP contribution is -2.39. The molecule has 1 aliphatic heterocycles. The summed E-state index contributed by atoms with van der Waals surface area (Å²) >= 11 is 0. The molecule has 0 aliphatic carbocycles. The quantitative estimate of drug-likeness (QED) is 0.509. The molecule has 0 fully saturated rings. The van der Waals surface area contributed by atoms with E-state index in [1.54, 1.807) is 26.4 Å². The van der Waals surface area contributed by atoms with E-state index in [1.807, 2.05) is 12.1 Å². The number of nitrogens with one attached hydrogen (secondary N) is 1. The van der Waals surface area contributed by atoms with Crippen LogP contribution in [-0.4, -0.2) is 53.8 Å². The van der Waals surface area contributed by atoms with Gasteiger partial charge in [0.1, 0.15) is 5.69 Å². The van der Waals surface area contributed by atoms with Crippen molar-refractivity contribution in [2.75, 3.05) is 27.3 Å². The van der Waals surface area contributed by atoms with E-state index in [0.29, 0.717) is 36.6 Å². The van der Waals surface area contributed by atoms with Gasteiger partial charge in [-0.25, -0.2) is 0 Å². The van der Waals surface area contributed by atoms with Gasteiger partial charge in [-0.2, -0.15) is 18.3 Å². The smallest absolute Gasteiger partial charge is 0.416 e. The summed E-state index contributed by atoms with van der Waals surface area (Å²) in [6.07, 6.45) is -3.91. The van der Waals surface area contributed by atoms with Crippen molar-refractivity contribution >= 4 is 11.8 Å². The van der Waals surface area contributed by atoms with Crippen molar-refractivity contribution in [2.24, 2.45) is 0 Å². The van der Waals surface area contributed by atoms with Crippen LogP contribution in [-0.2, 0) is 25.7 Å². The zero-order valence-electron chi connectivity index (χ0n) is 19.8. The van der Waals surface area contributed by atoms with E-state index in [9.17, 15) is 22.8 Å². The Balaban J connectivity index is 1.37. The summed E-state index contributed by atoms with van der Waals surface area (Å²) in [5.74, 6) is 0.391. The van der Waals surface area contributed by atoms with Gasteiger partial charge < -0.3 is 19.7 Å². The van der Waals surface area contributed by atoms with E-state index >= 15 is 0 Å². The molecule has 4 rings (SSSR count). The monoisotopic (exact) mass is 502 g/mol. The van der Waals surface area contributed by atoms with E-state index in [2.05, 4.69) is 10.4 Å². The largest absolute Gasteiger partial charge is 0.493 e. The lowest BCUT2D eigenvalue weighted by Gasteiger charge is -2.27. The summed E-state index contributed by atoms with van der Waals surface area (Å²) in [4.78, 5) is 27.0. The molecule has 8 nitrogen and oxygen atoms in total. The Bertz CT molecular complexity index is 1270. The fraction of sp³-hybridized carbons (Fsp3) is 0.320. The average molecular weight is 502 g/mol. The van der Waals surface area contributed by atoms with Crippen molar-refractivity contribution in [2.45, 2.75) is 25.7 Å². The minimum atomic E-state index is -4.46. The molecule has 2 amide bonds. The summed E-state index contributed by atoms with van der Waals surface area (Å²) in [6, 6.07) is 11.8. The number of hydrogen-bond acceptors (Lipinski definition) is 5. The highest BCUT2D eigenvalue weighted by Crippen LogP contribution is 2.30. The number of alkyl halides is 3. The first kappa shape index (κ1) is 25.1. The Morgan fingerprint density at radius 3 is 2.53 bits per heavy atom. The third kappa shape index (κ3) is 5.45. The van der Waals surface area contributed by atoms with Gasteiger partial charge >= 0.3 is 6.18 Å². The molecule has 0 atom stereocenters. The number of methoxy groups -OCH3 is 2. The van der Waals surface area contributed by atoms with Crippen molar-refractivity contribution in [3.8, 4) is 11.5 Å². The Hall–Kier alpha value is -4.02. The molecule has 2 aromatic carbocycles. The number of benzene rings is 2. The van der Waals surface area contributed by atoms with Crippen LogP contribution in [0.3, 0.4) is 0 Å². The van der Waals surface area contributed by atoms with Crippen molar-refractivity contribution in [3.05, 3.63) is 76.6 Å². The van der Waals surface area contributed by atoms with Gasteiger partial charge in [0, 0.05) is 25.7 Å². The molecule has 1 N–H and O–H groups in total. The summed E-state index contributed by atoms with van der Waals surface area (Å²) in [6.45, 7) is 0.968. The van der Waals surface area contributed by atoms with Crippen LogP contribution < -0.4 is 14.8 Å². The Morgan fingerprint density at radius 1 is 1.03 bits per heavy atom. The third-order valence-electron chi connectivity index (χ3n) is 5.88. The summed E-state index contributed by atoms with van der Waals surface area (Å²) in [7, 11) is 3.10. The lowest BCUT2D eigenvalue weighted by atomic mass is 10.1. The number of carbonyl (C=O) groups is 2. The molecule has 0 saturated heterocycles. The van der Waals surface area contributed by atoms with Crippen LogP contribution in [0, 0.1) is 0 Å². The molecule has 3 aromatic rings. The number of aromatic nitrogens is 2. The standard InChI is InChI=1S/C25H25F3N4O4/c1-35-21-7-6-16(13-22(21)36-2)8-9-29-23(33)19-14-20-24(34)31(10-11-32(20)30-19)15-17-4-3-5-18(12-17)25(26,27)28/h3-7,12-14H,8-11,15H2,1-2H3,(H,29,33). The van der Waals surface area contributed by atoms with E-state index in [1.165, 1.54) is 21.7 Å². The third-order valence-corrected chi connectivity index (χ3v) is 5.88. The highest BCUT2D eigenvalue weighted by Gasteiger charge is 2.31. The second kappa shape index (κ2) is 10.3. The topological polar surface area (TPSA) is 85.7 Å². The Labute approximate surface area is 205 Å². The average Bonchev–Trinajstić information content (AvgIpc) is 3.31. The van der Waals surface area contributed by atoms with E-state index in [4.69, 9.17) is 9.47 Å². The lowest BCUT2D eigenvalue weighted by molar-refractivity contribution is -0.137. The number of rotatable bonds is 8. The van der Waals surface area contributed by atoms with Crippen LogP contribution in [0.1, 0.15) is 37.7 Å². The first-order chi connectivity index (χ1) is 17.2. The van der Waals surface area contributed by atoms with Crippen LogP contribution in [0.25, 0.3) is 0 Å². The van der Waals surface area contributed by atoms with E-state index in [0.717, 1.165) is 17.7 Å². The molecule has 0 unspecified atom stereocenters. The Kier molecular flexibility index (Phi) is 7.18. The zero-order valence-corrected chi connectivity index (χ0v) is 19.8. The number of hydrogen-bond donors (Lipinski definition) is 1.